The van der Waals surface area contributed by atoms with Crippen LogP contribution in [0, 0.1) is 0 Å². The summed E-state index contributed by atoms with van der Waals surface area (Å²) >= 11 is 9.38. The van der Waals surface area contributed by atoms with Gasteiger partial charge in [-0.1, -0.05) is 11.6 Å². The molecule has 5 heteroatoms. The van der Waals surface area contributed by atoms with Crippen LogP contribution >= 0.6 is 34.3 Å². The summed E-state index contributed by atoms with van der Waals surface area (Å²) in [6.45, 7) is 0. The van der Waals surface area contributed by atoms with Crippen molar-refractivity contribution in [3.63, 3.8) is 0 Å². The molecule has 17 heavy (non-hydrogen) atoms. The van der Waals surface area contributed by atoms with Gasteiger partial charge in [-0.25, -0.2) is 4.98 Å². The summed E-state index contributed by atoms with van der Waals surface area (Å²) in [7, 11) is 0. The van der Waals surface area contributed by atoms with Crippen molar-refractivity contribution in [2.75, 3.05) is 0 Å². The van der Waals surface area contributed by atoms with E-state index in [1.807, 2.05) is 23.5 Å². The van der Waals surface area contributed by atoms with Gasteiger partial charge >= 0.3 is 0 Å². The van der Waals surface area contributed by atoms with E-state index in [9.17, 15) is 0 Å². The van der Waals surface area contributed by atoms with E-state index in [1.165, 1.54) is 29.8 Å². The normalized spacial score (nSPS) is 14.6. The molecule has 0 aliphatic heterocycles. The monoisotopic (exact) mass is 280 g/mol. The van der Waals surface area contributed by atoms with Crippen LogP contribution in [-0.4, -0.2) is 9.38 Å². The van der Waals surface area contributed by atoms with Gasteiger partial charge in [-0.2, -0.15) is 0 Å². The molecular formula is C12H9ClN2S2. The van der Waals surface area contributed by atoms with Gasteiger partial charge in [-0.05, 0) is 31.4 Å². The summed E-state index contributed by atoms with van der Waals surface area (Å²) in [4.78, 5) is 8.48. The average molecular weight is 281 g/mol. The van der Waals surface area contributed by atoms with Gasteiger partial charge in [0.1, 0.15) is 5.69 Å². The third-order valence-electron chi connectivity index (χ3n) is 3.14. The number of imidazole rings is 1. The second-order valence-electron chi connectivity index (χ2n) is 4.21. The third-order valence-corrected chi connectivity index (χ3v) is 5.55. The van der Waals surface area contributed by atoms with Crippen LogP contribution in [0.2, 0.25) is 4.34 Å². The lowest BCUT2D eigenvalue weighted by Gasteiger charge is -1.90. The van der Waals surface area contributed by atoms with Gasteiger partial charge in [-0.15, -0.1) is 22.7 Å². The number of aromatic nitrogens is 2. The van der Waals surface area contributed by atoms with Crippen molar-refractivity contribution in [3.05, 3.63) is 33.2 Å². The standard InChI is InChI=1S/C12H9ClN2S2/c13-11-5-4-9(16-11)7-6-15-8-2-1-3-10(8)17-12(15)14-7/h4-6H,1-3H2. The molecule has 0 fully saturated rings. The number of halogens is 1. The maximum Gasteiger partial charge on any atom is 0.194 e. The number of thiazole rings is 1. The molecule has 1 aliphatic rings. The molecule has 0 atom stereocenters. The lowest BCUT2D eigenvalue weighted by Crippen LogP contribution is -1.84. The van der Waals surface area contributed by atoms with E-state index in [1.54, 1.807) is 11.3 Å². The summed E-state index contributed by atoms with van der Waals surface area (Å²) in [5, 5.41) is 0. The number of hydrogen-bond acceptors (Lipinski definition) is 3. The molecule has 0 saturated heterocycles. The molecule has 3 aromatic heterocycles. The van der Waals surface area contributed by atoms with Crippen LogP contribution in [0.3, 0.4) is 0 Å². The molecule has 1 aliphatic carbocycles. The van der Waals surface area contributed by atoms with E-state index in [-0.39, 0.29) is 0 Å². The fourth-order valence-corrected chi connectivity index (χ4v) is 4.56. The van der Waals surface area contributed by atoms with Crippen molar-refractivity contribution in [2.24, 2.45) is 0 Å². The smallest absolute Gasteiger partial charge is 0.194 e. The Balaban J connectivity index is 1.90. The first-order chi connectivity index (χ1) is 8.31. The molecule has 86 valence electrons. The maximum atomic E-state index is 5.96. The van der Waals surface area contributed by atoms with E-state index < -0.39 is 0 Å². The first-order valence-electron chi connectivity index (χ1n) is 5.56. The number of hydrogen-bond donors (Lipinski definition) is 0. The van der Waals surface area contributed by atoms with Crippen LogP contribution < -0.4 is 0 Å². The molecule has 4 rings (SSSR count). The topological polar surface area (TPSA) is 17.3 Å². The summed E-state index contributed by atoms with van der Waals surface area (Å²) in [6, 6.07) is 3.97. The van der Waals surface area contributed by atoms with Crippen LogP contribution in [-0.2, 0) is 12.8 Å². The summed E-state index contributed by atoms with van der Waals surface area (Å²) in [5.41, 5.74) is 2.51. The Kier molecular flexibility index (Phi) is 2.13. The minimum absolute atomic E-state index is 0.821. The van der Waals surface area contributed by atoms with Crippen molar-refractivity contribution >= 4 is 39.2 Å². The predicted octanol–water partition coefficient (Wildman–Crippen LogP) is 4.27. The van der Waals surface area contributed by atoms with Gasteiger partial charge in [0.15, 0.2) is 4.96 Å². The van der Waals surface area contributed by atoms with Gasteiger partial charge in [-0.3, -0.25) is 4.40 Å². The zero-order valence-corrected chi connectivity index (χ0v) is 11.3. The molecule has 3 aromatic rings. The molecule has 2 nitrogen and oxygen atoms in total. The van der Waals surface area contributed by atoms with E-state index >= 15 is 0 Å². The molecule has 3 heterocycles. The minimum atomic E-state index is 0.821. The zero-order chi connectivity index (χ0) is 11.4. The Morgan fingerprint density at radius 3 is 3.00 bits per heavy atom. The highest BCUT2D eigenvalue weighted by molar-refractivity contribution is 7.19. The van der Waals surface area contributed by atoms with Crippen molar-refractivity contribution in [1.29, 1.82) is 0 Å². The first-order valence-corrected chi connectivity index (χ1v) is 7.58. The summed E-state index contributed by atoms with van der Waals surface area (Å²) in [6.07, 6.45) is 5.85. The van der Waals surface area contributed by atoms with Crippen molar-refractivity contribution in [2.45, 2.75) is 19.3 Å². The molecule has 0 amide bonds. The predicted molar refractivity (Wildman–Crippen MR) is 73.4 cm³/mol. The first kappa shape index (κ1) is 10.1. The van der Waals surface area contributed by atoms with Crippen LogP contribution in [0.25, 0.3) is 15.5 Å². The molecule has 0 aromatic carbocycles. The fourth-order valence-electron chi connectivity index (χ4n) is 2.37. The van der Waals surface area contributed by atoms with Gasteiger partial charge in [0.05, 0.1) is 9.21 Å². The van der Waals surface area contributed by atoms with E-state index in [4.69, 9.17) is 16.6 Å². The van der Waals surface area contributed by atoms with Crippen LogP contribution in [0.1, 0.15) is 17.0 Å². The second-order valence-corrected chi connectivity index (χ2v) is 6.99. The zero-order valence-electron chi connectivity index (χ0n) is 8.94. The van der Waals surface area contributed by atoms with Crippen molar-refractivity contribution in [1.82, 2.24) is 9.38 Å². The van der Waals surface area contributed by atoms with Crippen LogP contribution in [0.5, 0.6) is 0 Å². The highest BCUT2D eigenvalue weighted by Crippen LogP contribution is 2.35. The average Bonchev–Trinajstić information content (AvgIpc) is 2.95. The summed E-state index contributed by atoms with van der Waals surface area (Å²) in [5.74, 6) is 0. The molecular weight excluding hydrogens is 272 g/mol. The van der Waals surface area contributed by atoms with Crippen LogP contribution in [0.15, 0.2) is 18.3 Å². The molecule has 0 N–H and O–H groups in total. The molecule has 0 unspecified atom stereocenters. The van der Waals surface area contributed by atoms with Gasteiger partial charge < -0.3 is 0 Å². The Hall–Kier alpha value is -0.840. The number of rotatable bonds is 1. The fraction of sp³-hybridized carbons (Fsp3) is 0.250. The van der Waals surface area contributed by atoms with Crippen molar-refractivity contribution < 1.29 is 0 Å². The highest BCUT2D eigenvalue weighted by Gasteiger charge is 2.19. The number of thiophene rings is 1. The van der Waals surface area contributed by atoms with E-state index in [2.05, 4.69) is 10.6 Å². The third kappa shape index (κ3) is 1.48. The lowest BCUT2D eigenvalue weighted by molar-refractivity contribution is 0.888. The quantitative estimate of drug-likeness (QED) is 0.651. The number of nitrogens with zero attached hydrogens (tertiary/aromatic N) is 2. The van der Waals surface area contributed by atoms with Crippen LogP contribution in [0.4, 0.5) is 0 Å². The number of aryl methyl sites for hydroxylation is 2. The van der Waals surface area contributed by atoms with Gasteiger partial charge in [0.2, 0.25) is 0 Å². The van der Waals surface area contributed by atoms with Crippen molar-refractivity contribution in [3.8, 4) is 10.6 Å². The van der Waals surface area contributed by atoms with E-state index in [0.717, 1.165) is 19.9 Å². The summed E-state index contributed by atoms with van der Waals surface area (Å²) < 4.78 is 3.08. The second kappa shape index (κ2) is 3.57. The van der Waals surface area contributed by atoms with E-state index in [0.29, 0.717) is 0 Å². The minimum Gasteiger partial charge on any atom is -0.294 e. The lowest BCUT2D eigenvalue weighted by atomic mass is 10.3. The Labute approximate surface area is 111 Å². The molecule has 0 radical (unpaired) electrons. The highest BCUT2D eigenvalue weighted by atomic mass is 35.5. The Morgan fingerprint density at radius 2 is 2.18 bits per heavy atom. The van der Waals surface area contributed by atoms with Gasteiger partial charge in [0, 0.05) is 16.8 Å². The number of fused-ring (bicyclic) bond motifs is 3. The van der Waals surface area contributed by atoms with Gasteiger partial charge in [0.25, 0.3) is 0 Å². The maximum absolute atomic E-state index is 5.96. The Bertz CT molecular complexity index is 707. The Morgan fingerprint density at radius 1 is 1.24 bits per heavy atom. The molecule has 0 saturated carbocycles. The largest absolute Gasteiger partial charge is 0.294 e. The molecule has 0 spiro atoms. The molecule has 0 bridgehead atoms. The SMILES string of the molecule is Clc1ccc(-c2cn3c4c(sc3n2)CCC4)s1.